The van der Waals surface area contributed by atoms with Crippen LogP contribution in [0.15, 0.2) is 67.6 Å². The summed E-state index contributed by atoms with van der Waals surface area (Å²) in [6.45, 7) is -3.11. The molecule has 0 spiro atoms. The van der Waals surface area contributed by atoms with Crippen LogP contribution in [0.1, 0.15) is 23.5 Å². The molecule has 0 bridgehead atoms. The number of fused-ring (bicyclic) bond motifs is 1. The Morgan fingerprint density at radius 1 is 0.919 bits per heavy atom. The molecule has 2 N–H and O–H groups in total. The number of aromatic nitrogens is 7. The number of hydrogen-bond donors (Lipinski definition) is 1. The SMILES string of the molecule is [2H]C1([2H])CN(c2ncnn3cc(-c4cnn(C)c4)cc23)CC([2H])([2H])N1c1ncc([C@@](C)(N)c2ccc(F)cc2)cn1. The molecule has 4 aromatic heterocycles. The number of piperazine rings is 1. The van der Waals surface area contributed by atoms with Crippen molar-refractivity contribution in [3.05, 3.63) is 84.6 Å². The summed E-state index contributed by atoms with van der Waals surface area (Å²) in [7, 11) is 1.83. The second-order valence-corrected chi connectivity index (χ2v) is 9.03. The van der Waals surface area contributed by atoms with Crippen LogP contribution in [0.25, 0.3) is 16.6 Å². The summed E-state index contributed by atoms with van der Waals surface area (Å²) in [6, 6.07) is 7.66. The summed E-state index contributed by atoms with van der Waals surface area (Å²) < 4.78 is 52.1. The van der Waals surface area contributed by atoms with Gasteiger partial charge in [0.1, 0.15) is 17.7 Å². The van der Waals surface area contributed by atoms with Crippen LogP contribution in [0.4, 0.5) is 16.2 Å². The Hall–Kier alpha value is -4.38. The lowest BCUT2D eigenvalue weighted by Gasteiger charge is -2.35. The van der Waals surface area contributed by atoms with Gasteiger partial charge in [0.05, 0.1) is 17.2 Å². The van der Waals surface area contributed by atoms with Gasteiger partial charge in [0.2, 0.25) is 5.95 Å². The number of nitrogens with zero attached hydrogens (tertiary/aromatic N) is 9. The van der Waals surface area contributed by atoms with Crippen molar-refractivity contribution in [3.63, 3.8) is 0 Å². The Balaban J connectivity index is 1.30. The van der Waals surface area contributed by atoms with E-state index in [0.29, 0.717) is 22.5 Å². The first-order chi connectivity index (χ1) is 19.3. The highest BCUT2D eigenvalue weighted by molar-refractivity contribution is 5.77. The molecule has 1 fully saturated rings. The van der Waals surface area contributed by atoms with Gasteiger partial charge in [-0.15, -0.1) is 0 Å². The van der Waals surface area contributed by atoms with Gasteiger partial charge in [0.25, 0.3) is 0 Å². The summed E-state index contributed by atoms with van der Waals surface area (Å²) >= 11 is 0. The van der Waals surface area contributed by atoms with Crippen molar-refractivity contribution in [2.75, 3.05) is 35.9 Å². The smallest absolute Gasteiger partial charge is 0.225 e. The Bertz CT molecular complexity index is 1700. The summed E-state index contributed by atoms with van der Waals surface area (Å²) in [5.41, 5.74) is 8.97. The van der Waals surface area contributed by atoms with Crippen molar-refractivity contribution < 1.29 is 9.87 Å². The number of rotatable bonds is 5. The maximum atomic E-state index is 13.4. The lowest BCUT2D eigenvalue weighted by molar-refractivity contribution is 0.585. The van der Waals surface area contributed by atoms with Gasteiger partial charge < -0.3 is 15.5 Å². The Morgan fingerprint density at radius 3 is 2.32 bits per heavy atom. The largest absolute Gasteiger partial charge is 0.351 e. The molecular weight excluding hydrogens is 471 g/mol. The van der Waals surface area contributed by atoms with Gasteiger partial charge in [-0.05, 0) is 30.7 Å². The minimum atomic E-state index is -2.22. The van der Waals surface area contributed by atoms with Crippen molar-refractivity contribution in [2.45, 2.75) is 12.5 Å². The fourth-order valence-electron chi connectivity index (χ4n) is 4.27. The summed E-state index contributed by atoms with van der Waals surface area (Å²) in [6.07, 6.45) is 9.67. The van der Waals surface area contributed by atoms with E-state index in [-0.39, 0.29) is 24.9 Å². The summed E-state index contributed by atoms with van der Waals surface area (Å²) in [5.74, 6) is -0.0990. The third-order valence-corrected chi connectivity index (χ3v) is 6.44. The van der Waals surface area contributed by atoms with E-state index in [2.05, 4.69) is 25.1 Å². The molecule has 188 valence electrons. The first-order valence-electron chi connectivity index (χ1n) is 13.6. The van der Waals surface area contributed by atoms with Gasteiger partial charge in [-0.3, -0.25) is 4.68 Å². The summed E-state index contributed by atoms with van der Waals surface area (Å²) in [5, 5.41) is 8.50. The predicted molar refractivity (Wildman–Crippen MR) is 139 cm³/mol. The monoisotopic (exact) mass is 502 g/mol. The summed E-state index contributed by atoms with van der Waals surface area (Å²) in [4.78, 5) is 15.5. The minimum absolute atomic E-state index is 0.118. The molecule has 0 amide bonds. The fraction of sp³-hybridized carbons (Fsp3) is 0.269. The molecule has 5 heterocycles. The van der Waals surface area contributed by atoms with E-state index in [9.17, 15) is 4.39 Å². The zero-order valence-corrected chi connectivity index (χ0v) is 20.2. The van der Waals surface area contributed by atoms with E-state index in [0.717, 1.165) is 16.0 Å². The highest BCUT2D eigenvalue weighted by Gasteiger charge is 2.26. The molecule has 0 aliphatic carbocycles. The van der Waals surface area contributed by atoms with Crippen LogP contribution in [-0.2, 0) is 12.6 Å². The normalized spacial score (nSPS) is 20.1. The van der Waals surface area contributed by atoms with E-state index in [1.807, 2.05) is 25.5 Å². The molecule has 1 atom stereocenters. The quantitative estimate of drug-likeness (QED) is 0.391. The molecule has 0 unspecified atom stereocenters. The molecule has 37 heavy (non-hydrogen) atoms. The van der Waals surface area contributed by atoms with Crippen LogP contribution < -0.4 is 15.5 Å². The highest BCUT2D eigenvalue weighted by Crippen LogP contribution is 2.29. The van der Waals surface area contributed by atoms with Crippen LogP contribution >= 0.6 is 0 Å². The molecule has 10 nitrogen and oxygen atoms in total. The molecular formula is C26H27FN10. The third kappa shape index (κ3) is 4.27. The zero-order chi connectivity index (χ0) is 29.2. The number of aryl methyl sites for hydroxylation is 1. The van der Waals surface area contributed by atoms with Crippen LogP contribution in [-0.4, -0.2) is 60.4 Å². The van der Waals surface area contributed by atoms with Gasteiger partial charge in [-0.25, -0.2) is 23.9 Å². The first-order valence-corrected chi connectivity index (χ1v) is 11.6. The van der Waals surface area contributed by atoms with Crippen LogP contribution in [0.5, 0.6) is 0 Å². The number of benzene rings is 1. The van der Waals surface area contributed by atoms with E-state index < -0.39 is 18.5 Å². The van der Waals surface area contributed by atoms with Gasteiger partial charge in [-0.1, -0.05) is 12.1 Å². The molecule has 11 heteroatoms. The van der Waals surface area contributed by atoms with Crippen LogP contribution in [0.3, 0.4) is 0 Å². The van der Waals surface area contributed by atoms with Crippen molar-refractivity contribution in [1.82, 2.24) is 34.3 Å². The van der Waals surface area contributed by atoms with Crippen LogP contribution in [0, 0.1) is 5.82 Å². The molecule has 1 aliphatic heterocycles. The predicted octanol–water partition coefficient (Wildman–Crippen LogP) is 2.61. The first kappa shape index (κ1) is 18.8. The standard InChI is InChI=1S/C26H27FN10/c1-26(28,20-3-5-22(27)6-4-20)21-13-29-25(30-14-21)36-9-7-35(8-10-36)24-23-11-18(16-37(23)33-17-31-24)19-12-32-34(2)15-19/h3-6,11-17H,7-10,28H2,1-2H3/t26-/m0/s1/i9D2,10D2. The van der Waals surface area contributed by atoms with Crippen molar-refractivity contribution in [1.29, 1.82) is 0 Å². The molecule has 0 saturated carbocycles. The van der Waals surface area contributed by atoms with E-state index >= 15 is 0 Å². The lowest BCUT2D eigenvalue weighted by Crippen LogP contribution is -2.47. The number of hydrogen-bond acceptors (Lipinski definition) is 8. The van der Waals surface area contributed by atoms with E-state index in [1.54, 1.807) is 39.4 Å². The van der Waals surface area contributed by atoms with Gasteiger partial charge in [0.15, 0.2) is 5.82 Å². The average molecular weight is 503 g/mol. The maximum Gasteiger partial charge on any atom is 0.225 e. The minimum Gasteiger partial charge on any atom is -0.351 e. The van der Waals surface area contributed by atoms with Gasteiger partial charge >= 0.3 is 0 Å². The van der Waals surface area contributed by atoms with Crippen molar-refractivity contribution >= 4 is 17.3 Å². The van der Waals surface area contributed by atoms with Crippen molar-refractivity contribution in [2.24, 2.45) is 12.8 Å². The molecule has 1 saturated heterocycles. The van der Waals surface area contributed by atoms with E-state index in [1.165, 1.54) is 30.9 Å². The highest BCUT2D eigenvalue weighted by atomic mass is 19.1. The van der Waals surface area contributed by atoms with Crippen molar-refractivity contribution in [3.8, 4) is 11.1 Å². The zero-order valence-electron chi connectivity index (χ0n) is 24.2. The maximum absolute atomic E-state index is 13.4. The van der Waals surface area contributed by atoms with E-state index in [4.69, 9.17) is 11.2 Å². The number of anilines is 2. The average Bonchev–Trinajstić information content (AvgIpc) is 3.54. The molecule has 0 radical (unpaired) electrons. The Morgan fingerprint density at radius 2 is 1.65 bits per heavy atom. The van der Waals surface area contributed by atoms with Gasteiger partial charge in [-0.2, -0.15) is 10.2 Å². The third-order valence-electron chi connectivity index (χ3n) is 6.44. The number of nitrogens with two attached hydrogens (primary N) is 1. The van der Waals surface area contributed by atoms with Gasteiger partial charge in [0, 0.05) is 74.6 Å². The molecule has 5 aromatic rings. The second kappa shape index (κ2) is 8.93. The Labute approximate surface area is 218 Å². The topological polar surface area (TPSA) is 106 Å². The van der Waals surface area contributed by atoms with Crippen LogP contribution in [0.2, 0.25) is 0 Å². The Kier molecular flexibility index (Phi) is 4.54. The molecule has 1 aromatic carbocycles. The number of halogens is 1. The molecule has 6 rings (SSSR count). The fourth-order valence-corrected chi connectivity index (χ4v) is 4.27. The molecule has 1 aliphatic rings. The lowest BCUT2D eigenvalue weighted by atomic mass is 9.87. The second-order valence-electron chi connectivity index (χ2n) is 9.03.